The molecule has 84 valence electrons. The molecule has 2 rings (SSSR count). The lowest BCUT2D eigenvalue weighted by Gasteiger charge is -2.11. The third-order valence-electron chi connectivity index (χ3n) is 2.09. The molecule has 0 atom stereocenters. The van der Waals surface area contributed by atoms with Gasteiger partial charge in [0.15, 0.2) is 0 Å². The number of rotatable bonds is 3. The third kappa shape index (κ3) is 2.40. The molecule has 0 saturated carbocycles. The number of hydrogen-bond acceptors (Lipinski definition) is 5. The summed E-state index contributed by atoms with van der Waals surface area (Å²) >= 11 is 0. The van der Waals surface area contributed by atoms with Crippen LogP contribution >= 0.6 is 0 Å². The van der Waals surface area contributed by atoms with Gasteiger partial charge in [-0.2, -0.15) is 0 Å². The Kier molecular flexibility index (Phi) is 2.66. The maximum absolute atomic E-state index is 9.72. The van der Waals surface area contributed by atoms with Gasteiger partial charge in [0, 0.05) is 12.4 Å². The van der Waals surface area contributed by atoms with Crippen molar-refractivity contribution < 1.29 is 5.11 Å². The molecule has 0 bridgehead atoms. The van der Waals surface area contributed by atoms with E-state index in [-0.39, 0.29) is 0 Å². The largest absolute Gasteiger partial charge is 0.384 e. The van der Waals surface area contributed by atoms with Gasteiger partial charge < -0.3 is 5.11 Å². The Hall–Kier alpha value is -1.82. The summed E-state index contributed by atoms with van der Waals surface area (Å²) in [4.78, 5) is 8.17. The molecule has 6 heteroatoms. The predicted molar refractivity (Wildman–Crippen MR) is 56.4 cm³/mol. The lowest BCUT2D eigenvalue weighted by atomic mass is 10.1. The van der Waals surface area contributed by atoms with Crippen molar-refractivity contribution in [1.82, 2.24) is 25.0 Å². The summed E-state index contributed by atoms with van der Waals surface area (Å²) < 4.78 is 1.60. The Bertz CT molecular complexity index is 460. The fourth-order valence-corrected chi connectivity index (χ4v) is 1.21. The highest BCUT2D eigenvalue weighted by Crippen LogP contribution is 2.15. The Balaban J connectivity index is 2.15. The monoisotopic (exact) mass is 219 g/mol. The van der Waals surface area contributed by atoms with Crippen LogP contribution in [0.5, 0.6) is 0 Å². The molecule has 0 spiro atoms. The van der Waals surface area contributed by atoms with Gasteiger partial charge in [0.2, 0.25) is 0 Å². The normalized spacial score (nSPS) is 11.7. The summed E-state index contributed by atoms with van der Waals surface area (Å²) in [6.07, 6.45) is 5.04. The van der Waals surface area contributed by atoms with Crippen LogP contribution in [0.2, 0.25) is 0 Å². The van der Waals surface area contributed by atoms with Crippen LogP contribution in [0.25, 0.3) is 0 Å². The van der Waals surface area contributed by atoms with E-state index in [0.29, 0.717) is 18.1 Å². The van der Waals surface area contributed by atoms with Crippen LogP contribution in [0.3, 0.4) is 0 Å². The zero-order valence-electron chi connectivity index (χ0n) is 9.20. The van der Waals surface area contributed by atoms with Crippen molar-refractivity contribution in [3.8, 4) is 0 Å². The van der Waals surface area contributed by atoms with Crippen LogP contribution in [0.4, 0.5) is 0 Å². The van der Waals surface area contributed by atoms with Crippen LogP contribution in [0, 0.1) is 0 Å². The average molecular weight is 219 g/mol. The molecule has 2 aromatic heterocycles. The molecular weight excluding hydrogens is 206 g/mol. The van der Waals surface area contributed by atoms with Gasteiger partial charge in [0.25, 0.3) is 0 Å². The highest BCUT2D eigenvalue weighted by atomic mass is 16.3. The first-order valence-corrected chi connectivity index (χ1v) is 4.94. The van der Waals surface area contributed by atoms with E-state index in [9.17, 15) is 5.11 Å². The molecule has 0 fully saturated rings. The van der Waals surface area contributed by atoms with Gasteiger partial charge in [-0.1, -0.05) is 5.21 Å². The van der Waals surface area contributed by atoms with Gasteiger partial charge >= 0.3 is 0 Å². The van der Waals surface area contributed by atoms with Gasteiger partial charge in [0.05, 0.1) is 6.20 Å². The maximum Gasteiger partial charge on any atom is 0.149 e. The van der Waals surface area contributed by atoms with Crippen LogP contribution in [-0.4, -0.2) is 30.1 Å². The lowest BCUT2D eigenvalue weighted by molar-refractivity contribution is 0.0737. The summed E-state index contributed by atoms with van der Waals surface area (Å²) in [7, 11) is 0. The van der Waals surface area contributed by atoms with E-state index in [1.165, 1.54) is 0 Å². The van der Waals surface area contributed by atoms with E-state index < -0.39 is 5.60 Å². The summed E-state index contributed by atoms with van der Waals surface area (Å²) in [6.45, 7) is 3.78. The third-order valence-corrected chi connectivity index (χ3v) is 2.09. The molecule has 0 unspecified atom stereocenters. The number of aliphatic hydroxyl groups is 1. The molecule has 0 aliphatic heterocycles. The van der Waals surface area contributed by atoms with E-state index in [1.807, 2.05) is 0 Å². The topological polar surface area (TPSA) is 76.7 Å². The van der Waals surface area contributed by atoms with Crippen molar-refractivity contribution in [3.05, 3.63) is 36.2 Å². The Labute approximate surface area is 93.0 Å². The zero-order chi connectivity index (χ0) is 11.6. The second-order valence-corrected chi connectivity index (χ2v) is 4.03. The molecule has 1 N–H and O–H groups in total. The Morgan fingerprint density at radius 2 is 2.00 bits per heavy atom. The van der Waals surface area contributed by atoms with E-state index >= 15 is 0 Å². The quantitative estimate of drug-likeness (QED) is 0.805. The molecule has 16 heavy (non-hydrogen) atoms. The molecular formula is C10H13N5O. The van der Waals surface area contributed by atoms with Crippen molar-refractivity contribution in [2.45, 2.75) is 26.0 Å². The van der Waals surface area contributed by atoms with E-state index in [1.54, 1.807) is 43.2 Å². The average Bonchev–Trinajstić information content (AvgIpc) is 2.67. The van der Waals surface area contributed by atoms with Crippen molar-refractivity contribution in [2.75, 3.05) is 0 Å². The van der Waals surface area contributed by atoms with Crippen LogP contribution < -0.4 is 0 Å². The summed E-state index contributed by atoms with van der Waals surface area (Å²) in [5, 5.41) is 17.5. The minimum atomic E-state index is -0.976. The van der Waals surface area contributed by atoms with Gasteiger partial charge in [-0.05, 0) is 19.9 Å². The zero-order valence-corrected chi connectivity index (χ0v) is 9.20. The van der Waals surface area contributed by atoms with Gasteiger partial charge in [-0.15, -0.1) is 5.10 Å². The summed E-state index contributed by atoms with van der Waals surface area (Å²) in [6, 6.07) is 1.76. The van der Waals surface area contributed by atoms with Gasteiger partial charge in [0.1, 0.15) is 23.7 Å². The van der Waals surface area contributed by atoms with Crippen LogP contribution in [0.1, 0.15) is 25.4 Å². The second kappa shape index (κ2) is 3.97. The summed E-state index contributed by atoms with van der Waals surface area (Å²) in [5.74, 6) is 0.662. The first-order valence-electron chi connectivity index (χ1n) is 4.94. The van der Waals surface area contributed by atoms with Crippen molar-refractivity contribution in [3.63, 3.8) is 0 Å². The first kappa shape index (κ1) is 10.7. The minimum Gasteiger partial charge on any atom is -0.384 e. The maximum atomic E-state index is 9.72. The van der Waals surface area contributed by atoms with E-state index in [4.69, 9.17) is 0 Å². The SMILES string of the molecule is CC(C)(O)c1cn(Cc2ncccn2)nn1. The first-order chi connectivity index (χ1) is 7.55. The molecule has 0 aliphatic carbocycles. The Morgan fingerprint density at radius 1 is 1.31 bits per heavy atom. The molecule has 0 aromatic carbocycles. The highest BCUT2D eigenvalue weighted by molar-refractivity contribution is 5.03. The minimum absolute atomic E-state index is 0.448. The standard InChI is InChI=1S/C10H13N5O/c1-10(2,16)8-6-15(14-13-8)7-9-11-4-3-5-12-9/h3-6,16H,7H2,1-2H3. The smallest absolute Gasteiger partial charge is 0.149 e. The van der Waals surface area contributed by atoms with Crippen molar-refractivity contribution in [1.29, 1.82) is 0 Å². The van der Waals surface area contributed by atoms with Crippen molar-refractivity contribution >= 4 is 0 Å². The number of aromatic nitrogens is 5. The van der Waals surface area contributed by atoms with Crippen LogP contribution in [-0.2, 0) is 12.1 Å². The summed E-state index contributed by atoms with van der Waals surface area (Å²) in [5.41, 5.74) is -0.445. The molecule has 2 heterocycles. The fourth-order valence-electron chi connectivity index (χ4n) is 1.21. The van der Waals surface area contributed by atoms with Crippen LogP contribution in [0.15, 0.2) is 24.7 Å². The predicted octanol–water partition coefficient (Wildman–Crippen LogP) is 0.344. The number of nitrogens with zero attached hydrogens (tertiary/aromatic N) is 5. The second-order valence-electron chi connectivity index (χ2n) is 4.03. The van der Waals surface area contributed by atoms with Gasteiger partial charge in [-0.3, -0.25) is 0 Å². The molecule has 6 nitrogen and oxygen atoms in total. The molecule has 2 aromatic rings. The molecule has 0 saturated heterocycles. The molecule has 0 aliphatic rings. The number of hydrogen-bond donors (Lipinski definition) is 1. The highest BCUT2D eigenvalue weighted by Gasteiger charge is 2.20. The molecule has 0 amide bonds. The lowest BCUT2D eigenvalue weighted by Crippen LogP contribution is -2.15. The molecule has 0 radical (unpaired) electrons. The van der Waals surface area contributed by atoms with Gasteiger partial charge in [-0.25, -0.2) is 14.6 Å². The Morgan fingerprint density at radius 3 is 2.56 bits per heavy atom. The van der Waals surface area contributed by atoms with E-state index in [0.717, 1.165) is 0 Å². The van der Waals surface area contributed by atoms with E-state index in [2.05, 4.69) is 20.3 Å². The fraction of sp³-hybridized carbons (Fsp3) is 0.400. The van der Waals surface area contributed by atoms with Crippen molar-refractivity contribution in [2.24, 2.45) is 0 Å².